The second-order valence-electron chi connectivity index (χ2n) is 5.04. The van der Waals surface area contributed by atoms with Crippen LogP contribution in [0.15, 0.2) is 41.4 Å². The SMILES string of the molecule is CCNS(=O)(=O)c1ccc(C)c(C(=O)OCc2ccc(Cl)nc2)c1. The molecule has 0 spiro atoms. The van der Waals surface area contributed by atoms with Crippen LogP contribution in [0.2, 0.25) is 5.15 Å². The highest BCUT2D eigenvalue weighted by Crippen LogP contribution is 2.17. The lowest BCUT2D eigenvalue weighted by molar-refractivity contribution is 0.0471. The molecule has 1 heterocycles. The van der Waals surface area contributed by atoms with Crippen LogP contribution in [0.3, 0.4) is 0 Å². The number of halogens is 1. The number of hydrogen-bond donors (Lipinski definition) is 1. The van der Waals surface area contributed by atoms with Crippen molar-refractivity contribution < 1.29 is 17.9 Å². The lowest BCUT2D eigenvalue weighted by Gasteiger charge is -2.10. The fourth-order valence-corrected chi connectivity index (χ4v) is 3.16. The Morgan fingerprint density at radius 2 is 2.04 bits per heavy atom. The monoisotopic (exact) mass is 368 g/mol. The number of aromatic nitrogens is 1. The molecule has 0 aliphatic rings. The first-order valence-corrected chi connectivity index (χ1v) is 9.07. The molecule has 24 heavy (non-hydrogen) atoms. The topological polar surface area (TPSA) is 85.4 Å². The summed E-state index contributed by atoms with van der Waals surface area (Å²) in [6.45, 7) is 3.68. The van der Waals surface area contributed by atoms with Crippen molar-refractivity contribution in [2.24, 2.45) is 0 Å². The lowest BCUT2D eigenvalue weighted by Crippen LogP contribution is -2.23. The molecule has 1 N–H and O–H groups in total. The molecule has 0 unspecified atom stereocenters. The normalized spacial score (nSPS) is 11.3. The highest BCUT2D eigenvalue weighted by molar-refractivity contribution is 7.89. The molecule has 0 bridgehead atoms. The van der Waals surface area contributed by atoms with Gasteiger partial charge in [-0.2, -0.15) is 0 Å². The van der Waals surface area contributed by atoms with E-state index >= 15 is 0 Å². The Balaban J connectivity index is 2.18. The molecule has 0 saturated heterocycles. The van der Waals surface area contributed by atoms with Gasteiger partial charge >= 0.3 is 5.97 Å². The van der Waals surface area contributed by atoms with Gasteiger partial charge in [0, 0.05) is 18.3 Å². The molecule has 0 aliphatic carbocycles. The molecule has 0 amide bonds. The summed E-state index contributed by atoms with van der Waals surface area (Å²) in [5.74, 6) is -0.601. The van der Waals surface area contributed by atoms with Gasteiger partial charge in [-0.1, -0.05) is 30.7 Å². The summed E-state index contributed by atoms with van der Waals surface area (Å²) < 4.78 is 31.7. The van der Waals surface area contributed by atoms with Crippen molar-refractivity contribution in [2.75, 3.05) is 6.54 Å². The Kier molecular flexibility index (Phi) is 5.93. The van der Waals surface area contributed by atoms with E-state index in [1.54, 1.807) is 32.0 Å². The predicted octanol–water partition coefficient (Wildman–Crippen LogP) is 2.70. The first-order chi connectivity index (χ1) is 11.3. The quantitative estimate of drug-likeness (QED) is 0.625. The number of hydrogen-bond acceptors (Lipinski definition) is 5. The van der Waals surface area contributed by atoms with E-state index in [0.29, 0.717) is 16.3 Å². The van der Waals surface area contributed by atoms with Crippen molar-refractivity contribution in [1.82, 2.24) is 9.71 Å². The van der Waals surface area contributed by atoms with Crippen LogP contribution in [0.4, 0.5) is 0 Å². The summed E-state index contributed by atoms with van der Waals surface area (Å²) in [5.41, 5.74) is 1.52. The molecule has 2 aromatic rings. The van der Waals surface area contributed by atoms with E-state index in [1.165, 1.54) is 18.3 Å². The van der Waals surface area contributed by atoms with Crippen molar-refractivity contribution in [3.8, 4) is 0 Å². The zero-order valence-electron chi connectivity index (χ0n) is 13.2. The smallest absolute Gasteiger partial charge is 0.338 e. The molecule has 0 atom stereocenters. The van der Waals surface area contributed by atoms with Gasteiger partial charge in [-0.05, 0) is 30.7 Å². The van der Waals surface area contributed by atoms with Crippen LogP contribution < -0.4 is 4.72 Å². The average molecular weight is 369 g/mol. The van der Waals surface area contributed by atoms with Gasteiger partial charge in [0.05, 0.1) is 10.5 Å². The number of carbonyl (C=O) groups is 1. The maximum atomic E-state index is 12.3. The molecule has 1 aromatic carbocycles. The van der Waals surface area contributed by atoms with Gasteiger partial charge < -0.3 is 4.74 Å². The van der Waals surface area contributed by atoms with Crippen LogP contribution in [-0.4, -0.2) is 25.9 Å². The minimum absolute atomic E-state index is 0.0205. The minimum atomic E-state index is -3.64. The Morgan fingerprint density at radius 1 is 1.29 bits per heavy atom. The van der Waals surface area contributed by atoms with Gasteiger partial charge in [0.2, 0.25) is 10.0 Å². The Labute approximate surface area is 145 Å². The number of esters is 1. The number of rotatable bonds is 6. The van der Waals surface area contributed by atoms with Gasteiger partial charge in [0.25, 0.3) is 0 Å². The maximum absolute atomic E-state index is 12.3. The van der Waals surface area contributed by atoms with Crippen molar-refractivity contribution in [3.63, 3.8) is 0 Å². The van der Waals surface area contributed by atoms with Gasteiger partial charge in [-0.3, -0.25) is 0 Å². The van der Waals surface area contributed by atoms with Crippen LogP contribution in [0, 0.1) is 6.92 Å². The number of aryl methyl sites for hydroxylation is 1. The maximum Gasteiger partial charge on any atom is 0.338 e. The fourth-order valence-electron chi connectivity index (χ4n) is 1.98. The van der Waals surface area contributed by atoms with Gasteiger partial charge in [-0.25, -0.2) is 22.9 Å². The Bertz CT molecular complexity index is 836. The van der Waals surface area contributed by atoms with E-state index < -0.39 is 16.0 Å². The molecule has 0 aliphatic heterocycles. The van der Waals surface area contributed by atoms with E-state index in [4.69, 9.17) is 16.3 Å². The minimum Gasteiger partial charge on any atom is -0.457 e. The van der Waals surface area contributed by atoms with Crippen LogP contribution in [-0.2, 0) is 21.4 Å². The molecule has 0 radical (unpaired) electrons. The summed E-state index contributed by atoms with van der Waals surface area (Å²) in [4.78, 5) is 16.2. The zero-order valence-corrected chi connectivity index (χ0v) is 14.8. The van der Waals surface area contributed by atoms with E-state index in [2.05, 4.69) is 9.71 Å². The fraction of sp³-hybridized carbons (Fsp3) is 0.250. The summed E-state index contributed by atoms with van der Waals surface area (Å²) in [7, 11) is -3.64. The second kappa shape index (κ2) is 7.74. The third-order valence-corrected chi connectivity index (χ3v) is 5.00. The average Bonchev–Trinajstić information content (AvgIpc) is 2.54. The molecule has 6 nitrogen and oxygen atoms in total. The highest BCUT2D eigenvalue weighted by Gasteiger charge is 2.18. The third-order valence-electron chi connectivity index (χ3n) is 3.23. The molecule has 128 valence electrons. The van der Waals surface area contributed by atoms with Crippen molar-refractivity contribution in [2.45, 2.75) is 25.3 Å². The first kappa shape index (κ1) is 18.4. The van der Waals surface area contributed by atoms with Crippen molar-refractivity contribution >= 4 is 27.6 Å². The van der Waals surface area contributed by atoms with Crippen LogP contribution in [0.5, 0.6) is 0 Å². The van der Waals surface area contributed by atoms with Crippen molar-refractivity contribution in [3.05, 3.63) is 58.4 Å². The van der Waals surface area contributed by atoms with E-state index in [-0.39, 0.29) is 23.6 Å². The molecule has 2 rings (SSSR count). The van der Waals surface area contributed by atoms with Crippen LogP contribution in [0.1, 0.15) is 28.4 Å². The number of pyridine rings is 1. The third kappa shape index (κ3) is 4.53. The number of nitrogens with one attached hydrogen (secondary N) is 1. The second-order valence-corrected chi connectivity index (χ2v) is 7.20. The molecule has 1 aromatic heterocycles. The molecular formula is C16H17ClN2O4S. The van der Waals surface area contributed by atoms with Crippen LogP contribution >= 0.6 is 11.6 Å². The number of sulfonamides is 1. The molecule has 0 saturated carbocycles. The van der Waals surface area contributed by atoms with Gasteiger partial charge in [0.15, 0.2) is 0 Å². The zero-order chi connectivity index (χ0) is 17.7. The number of carbonyl (C=O) groups excluding carboxylic acids is 1. The van der Waals surface area contributed by atoms with E-state index in [0.717, 1.165) is 0 Å². The lowest BCUT2D eigenvalue weighted by atomic mass is 10.1. The Hall–Kier alpha value is -1.96. The summed E-state index contributed by atoms with van der Waals surface area (Å²) in [6.07, 6.45) is 1.51. The standard InChI is InChI=1S/C16H17ClN2O4S/c1-3-19-24(21,22)13-6-4-11(2)14(8-13)16(20)23-10-12-5-7-15(17)18-9-12/h4-9,19H,3,10H2,1-2H3. The largest absolute Gasteiger partial charge is 0.457 e. The molecule has 8 heteroatoms. The summed E-state index contributed by atoms with van der Waals surface area (Å²) in [6, 6.07) is 7.63. The Morgan fingerprint density at radius 3 is 2.67 bits per heavy atom. The molecule has 0 fully saturated rings. The van der Waals surface area contributed by atoms with E-state index in [1.807, 2.05) is 0 Å². The van der Waals surface area contributed by atoms with Gasteiger partial charge in [0.1, 0.15) is 11.8 Å². The summed E-state index contributed by atoms with van der Waals surface area (Å²) in [5, 5.41) is 0.349. The van der Waals surface area contributed by atoms with Gasteiger partial charge in [-0.15, -0.1) is 0 Å². The predicted molar refractivity (Wildman–Crippen MR) is 90.4 cm³/mol. The highest BCUT2D eigenvalue weighted by atomic mass is 35.5. The number of ether oxygens (including phenoxy) is 1. The van der Waals surface area contributed by atoms with E-state index in [9.17, 15) is 13.2 Å². The molecular weight excluding hydrogens is 352 g/mol. The number of nitrogens with zero attached hydrogens (tertiary/aromatic N) is 1. The van der Waals surface area contributed by atoms with Crippen molar-refractivity contribution in [1.29, 1.82) is 0 Å². The first-order valence-electron chi connectivity index (χ1n) is 7.21. The summed E-state index contributed by atoms with van der Waals surface area (Å²) >= 11 is 5.70. The number of benzene rings is 1. The van der Waals surface area contributed by atoms with Crippen LogP contribution in [0.25, 0.3) is 0 Å².